The molecule has 1 unspecified atom stereocenters. The van der Waals surface area contributed by atoms with Crippen LogP contribution >= 0.6 is 11.8 Å². The van der Waals surface area contributed by atoms with Crippen molar-refractivity contribution in [3.05, 3.63) is 59.7 Å². The first kappa shape index (κ1) is 12.1. The highest BCUT2D eigenvalue weighted by molar-refractivity contribution is 6.19. The van der Waals surface area contributed by atoms with Crippen molar-refractivity contribution < 1.29 is 0 Å². The number of halogens is 1. The Kier molecular flexibility index (Phi) is 3.13. The van der Waals surface area contributed by atoms with Crippen molar-refractivity contribution in [2.75, 3.05) is 5.32 Å². The number of nitrogens with one attached hydrogen (secondary N) is 1. The van der Waals surface area contributed by atoms with E-state index in [9.17, 15) is 0 Å². The minimum Gasteiger partial charge on any atom is -0.360 e. The molecule has 0 amide bonds. The lowest BCUT2D eigenvalue weighted by atomic mass is 10.0. The molecule has 96 valence electrons. The minimum atomic E-state index is -0.114. The van der Waals surface area contributed by atoms with E-state index in [1.807, 2.05) is 36.4 Å². The Morgan fingerprint density at radius 3 is 2.68 bits per heavy atom. The summed E-state index contributed by atoms with van der Waals surface area (Å²) in [7, 11) is 0. The molecular weight excluding hydrogens is 258 g/mol. The van der Waals surface area contributed by atoms with Crippen molar-refractivity contribution in [2.24, 2.45) is 4.99 Å². The zero-order chi connectivity index (χ0) is 13.2. The Labute approximate surface area is 117 Å². The minimum absolute atomic E-state index is 0.114. The predicted octanol–water partition coefficient (Wildman–Crippen LogP) is 4.23. The van der Waals surface area contributed by atoms with Gasteiger partial charge in [0.1, 0.15) is 12.5 Å². The van der Waals surface area contributed by atoms with E-state index in [4.69, 9.17) is 11.8 Å². The molecule has 0 spiro atoms. The molecule has 1 atom stereocenters. The van der Waals surface area contributed by atoms with Crippen LogP contribution in [0.2, 0.25) is 0 Å². The Morgan fingerprint density at radius 1 is 1.11 bits per heavy atom. The summed E-state index contributed by atoms with van der Waals surface area (Å²) in [4.78, 5) is 4.39. The maximum Gasteiger partial charge on any atom is 0.144 e. The summed E-state index contributed by atoms with van der Waals surface area (Å²) in [5, 5.41) is 3.42. The second-order valence-electron chi connectivity index (χ2n) is 4.51. The first-order chi connectivity index (χ1) is 9.25. The van der Waals surface area contributed by atoms with E-state index in [0.717, 1.165) is 22.5 Å². The van der Waals surface area contributed by atoms with Gasteiger partial charge in [0.15, 0.2) is 0 Å². The van der Waals surface area contributed by atoms with Crippen molar-refractivity contribution in [1.82, 2.24) is 4.42 Å². The third-order valence-electron chi connectivity index (χ3n) is 3.18. The normalized spacial score (nSPS) is 17.2. The molecular formula is C15H14ClN3. The summed E-state index contributed by atoms with van der Waals surface area (Å²) < 4.78 is 1.56. The fraction of sp³-hybridized carbons (Fsp3) is 0.133. The fourth-order valence-corrected chi connectivity index (χ4v) is 2.42. The highest BCUT2D eigenvalue weighted by Gasteiger charge is 2.24. The monoisotopic (exact) mass is 271 g/mol. The topological polar surface area (TPSA) is 27.6 Å². The molecule has 2 aromatic carbocycles. The van der Waals surface area contributed by atoms with E-state index in [-0.39, 0.29) is 6.17 Å². The van der Waals surface area contributed by atoms with Gasteiger partial charge < -0.3 is 5.32 Å². The lowest BCUT2D eigenvalue weighted by Crippen LogP contribution is -2.27. The van der Waals surface area contributed by atoms with E-state index in [2.05, 4.69) is 29.4 Å². The molecule has 4 heteroatoms. The van der Waals surface area contributed by atoms with E-state index in [1.54, 1.807) is 10.8 Å². The zero-order valence-electron chi connectivity index (χ0n) is 10.5. The lowest BCUT2D eigenvalue weighted by molar-refractivity contribution is 0.537. The molecule has 1 aliphatic heterocycles. The summed E-state index contributed by atoms with van der Waals surface area (Å²) >= 11 is 6.23. The van der Waals surface area contributed by atoms with Gasteiger partial charge in [-0.15, -0.1) is 0 Å². The Bertz CT molecular complexity index is 610. The maximum absolute atomic E-state index is 6.23. The van der Waals surface area contributed by atoms with Crippen LogP contribution in [0, 0.1) is 6.92 Å². The van der Waals surface area contributed by atoms with E-state index < -0.39 is 0 Å². The SMILES string of the molecule is Cc1cccc2c1N=CN(Cl)C2Nc1ccccc1. The molecule has 1 aliphatic rings. The van der Waals surface area contributed by atoms with Gasteiger partial charge in [-0.1, -0.05) is 36.4 Å². The number of anilines is 1. The quantitative estimate of drug-likeness (QED) is 0.828. The van der Waals surface area contributed by atoms with Gasteiger partial charge in [0, 0.05) is 23.0 Å². The number of benzene rings is 2. The highest BCUT2D eigenvalue weighted by atomic mass is 35.5. The van der Waals surface area contributed by atoms with Crippen molar-refractivity contribution in [3.63, 3.8) is 0 Å². The number of para-hydroxylation sites is 2. The molecule has 1 heterocycles. The van der Waals surface area contributed by atoms with Crippen LogP contribution in [0.15, 0.2) is 53.5 Å². The number of aliphatic imine (C=N–C) groups is 1. The maximum atomic E-state index is 6.23. The Balaban J connectivity index is 1.98. The van der Waals surface area contributed by atoms with Crippen LogP contribution < -0.4 is 5.32 Å². The Morgan fingerprint density at radius 2 is 1.89 bits per heavy atom. The summed E-state index contributed by atoms with van der Waals surface area (Å²) in [6.07, 6.45) is 1.54. The van der Waals surface area contributed by atoms with Crippen LogP contribution in [-0.2, 0) is 0 Å². The molecule has 2 aromatic rings. The smallest absolute Gasteiger partial charge is 0.144 e. The van der Waals surface area contributed by atoms with E-state index in [1.165, 1.54) is 0 Å². The molecule has 19 heavy (non-hydrogen) atoms. The number of fused-ring (bicyclic) bond motifs is 1. The van der Waals surface area contributed by atoms with Crippen molar-refractivity contribution >= 4 is 29.5 Å². The second-order valence-corrected chi connectivity index (χ2v) is 4.90. The molecule has 3 nitrogen and oxygen atoms in total. The first-order valence-electron chi connectivity index (χ1n) is 6.15. The number of rotatable bonds is 2. The zero-order valence-corrected chi connectivity index (χ0v) is 11.3. The van der Waals surface area contributed by atoms with Crippen molar-refractivity contribution in [3.8, 4) is 0 Å². The van der Waals surface area contributed by atoms with Gasteiger partial charge in [0.25, 0.3) is 0 Å². The third kappa shape index (κ3) is 2.29. The van der Waals surface area contributed by atoms with Crippen molar-refractivity contribution in [2.45, 2.75) is 13.1 Å². The summed E-state index contributed by atoms with van der Waals surface area (Å²) in [6, 6.07) is 16.2. The van der Waals surface area contributed by atoms with Crippen molar-refractivity contribution in [1.29, 1.82) is 0 Å². The van der Waals surface area contributed by atoms with Crippen LogP contribution in [0.5, 0.6) is 0 Å². The number of nitrogens with zero attached hydrogens (tertiary/aromatic N) is 2. The van der Waals surface area contributed by atoms with Gasteiger partial charge in [-0.05, 0) is 24.6 Å². The van der Waals surface area contributed by atoms with Crippen LogP contribution in [0.4, 0.5) is 11.4 Å². The van der Waals surface area contributed by atoms with Gasteiger partial charge in [-0.2, -0.15) is 0 Å². The highest BCUT2D eigenvalue weighted by Crippen LogP contribution is 2.36. The van der Waals surface area contributed by atoms with Crippen LogP contribution in [0.25, 0.3) is 0 Å². The van der Waals surface area contributed by atoms with Crippen LogP contribution in [0.1, 0.15) is 17.3 Å². The predicted molar refractivity (Wildman–Crippen MR) is 79.8 cm³/mol. The molecule has 0 saturated carbocycles. The molecule has 1 N–H and O–H groups in total. The molecule has 0 bridgehead atoms. The fourth-order valence-electron chi connectivity index (χ4n) is 2.22. The first-order valence-corrected chi connectivity index (χ1v) is 6.49. The molecule has 0 radical (unpaired) electrons. The second kappa shape index (κ2) is 4.94. The molecule has 0 aromatic heterocycles. The standard InChI is InChI=1S/C15H14ClN3/c1-11-6-5-9-13-14(11)17-10-19(16)15(13)18-12-7-3-2-4-8-12/h2-10,15,18H,1H3. The summed E-state index contributed by atoms with van der Waals surface area (Å²) in [5.41, 5.74) is 4.26. The van der Waals surface area contributed by atoms with Crippen LogP contribution in [-0.4, -0.2) is 10.8 Å². The van der Waals surface area contributed by atoms with E-state index in [0.29, 0.717) is 0 Å². The number of hydrogen-bond donors (Lipinski definition) is 1. The number of hydrogen-bond acceptors (Lipinski definition) is 3. The van der Waals surface area contributed by atoms with Gasteiger partial charge in [0.05, 0.1) is 5.69 Å². The lowest BCUT2D eigenvalue weighted by Gasteiger charge is -2.30. The average Bonchev–Trinajstić information content (AvgIpc) is 2.43. The molecule has 0 aliphatic carbocycles. The Hall–Kier alpha value is -2.00. The summed E-state index contributed by atoms with van der Waals surface area (Å²) in [6.45, 7) is 2.06. The van der Waals surface area contributed by atoms with E-state index >= 15 is 0 Å². The molecule has 0 saturated heterocycles. The van der Waals surface area contributed by atoms with Gasteiger partial charge in [0.2, 0.25) is 0 Å². The number of aryl methyl sites for hydroxylation is 1. The average molecular weight is 272 g/mol. The van der Waals surface area contributed by atoms with Gasteiger partial charge in [-0.3, -0.25) is 0 Å². The largest absolute Gasteiger partial charge is 0.360 e. The van der Waals surface area contributed by atoms with Crippen LogP contribution in [0.3, 0.4) is 0 Å². The molecule has 3 rings (SSSR count). The van der Waals surface area contributed by atoms with Gasteiger partial charge >= 0.3 is 0 Å². The molecule has 0 fully saturated rings. The van der Waals surface area contributed by atoms with Gasteiger partial charge in [-0.25, -0.2) is 9.41 Å². The third-order valence-corrected chi connectivity index (χ3v) is 3.47. The summed E-state index contributed by atoms with van der Waals surface area (Å²) in [5.74, 6) is 0.